The topological polar surface area (TPSA) is 32.5 Å². The zero-order chi connectivity index (χ0) is 14.7. The van der Waals surface area contributed by atoms with Crippen LogP contribution in [-0.2, 0) is 0 Å². The quantitative estimate of drug-likeness (QED) is 0.927. The highest BCUT2D eigenvalue weighted by Gasteiger charge is 2.30. The standard InChI is InChI=1S/C16H26ClN3/c1-12(18)16(14-8-4-5-9-15(14)17)20-10-6-7-13(11-20)19(2)3/h4-5,8-9,12-13,16H,6-7,10-11,18H2,1-3H3. The monoisotopic (exact) mass is 295 g/mol. The molecule has 1 fully saturated rings. The van der Waals surface area contributed by atoms with Crippen molar-refractivity contribution in [2.24, 2.45) is 5.73 Å². The molecule has 2 N–H and O–H groups in total. The molecule has 1 aliphatic heterocycles. The number of rotatable bonds is 4. The molecule has 3 unspecified atom stereocenters. The Morgan fingerprint density at radius 2 is 2.05 bits per heavy atom. The van der Waals surface area contributed by atoms with Crippen molar-refractivity contribution >= 4 is 11.6 Å². The third-order valence-electron chi connectivity index (χ3n) is 4.27. The molecule has 1 aromatic rings. The molecule has 0 spiro atoms. The summed E-state index contributed by atoms with van der Waals surface area (Å²) in [5, 5.41) is 0.821. The normalized spacial score (nSPS) is 23.8. The molecule has 0 radical (unpaired) electrons. The van der Waals surface area contributed by atoms with Gasteiger partial charge in [0.15, 0.2) is 0 Å². The maximum Gasteiger partial charge on any atom is 0.0511 e. The van der Waals surface area contributed by atoms with Crippen LogP contribution in [-0.4, -0.2) is 49.1 Å². The summed E-state index contributed by atoms with van der Waals surface area (Å²) in [6.07, 6.45) is 2.48. The third-order valence-corrected chi connectivity index (χ3v) is 4.62. The molecule has 20 heavy (non-hydrogen) atoms. The number of hydrogen-bond donors (Lipinski definition) is 1. The molecule has 0 amide bonds. The molecule has 1 heterocycles. The summed E-state index contributed by atoms with van der Waals surface area (Å²) < 4.78 is 0. The summed E-state index contributed by atoms with van der Waals surface area (Å²) in [6, 6.07) is 8.96. The second kappa shape index (κ2) is 6.90. The number of hydrogen-bond acceptors (Lipinski definition) is 3. The van der Waals surface area contributed by atoms with Crippen molar-refractivity contribution in [2.45, 2.75) is 37.9 Å². The zero-order valence-electron chi connectivity index (χ0n) is 12.7. The maximum atomic E-state index is 6.39. The molecule has 0 aromatic heterocycles. The van der Waals surface area contributed by atoms with Crippen molar-refractivity contribution in [3.05, 3.63) is 34.9 Å². The van der Waals surface area contributed by atoms with Crippen molar-refractivity contribution in [3.63, 3.8) is 0 Å². The van der Waals surface area contributed by atoms with Crippen LogP contribution in [0.4, 0.5) is 0 Å². The van der Waals surface area contributed by atoms with Crippen molar-refractivity contribution in [1.29, 1.82) is 0 Å². The van der Waals surface area contributed by atoms with Crippen LogP contribution in [0.5, 0.6) is 0 Å². The first-order chi connectivity index (χ1) is 9.50. The number of likely N-dealkylation sites (tertiary alicyclic amines) is 1. The molecule has 1 saturated heterocycles. The van der Waals surface area contributed by atoms with Gasteiger partial charge >= 0.3 is 0 Å². The van der Waals surface area contributed by atoms with Crippen LogP contribution in [0.25, 0.3) is 0 Å². The fourth-order valence-electron chi connectivity index (χ4n) is 3.18. The Balaban J connectivity index is 2.23. The van der Waals surface area contributed by atoms with E-state index in [-0.39, 0.29) is 12.1 Å². The minimum Gasteiger partial charge on any atom is -0.326 e. The predicted molar refractivity (Wildman–Crippen MR) is 86.1 cm³/mol. The molecule has 4 heteroatoms. The molecule has 0 aliphatic carbocycles. The third kappa shape index (κ3) is 3.53. The van der Waals surface area contributed by atoms with Gasteiger partial charge in [0.25, 0.3) is 0 Å². The zero-order valence-corrected chi connectivity index (χ0v) is 13.5. The fraction of sp³-hybridized carbons (Fsp3) is 0.625. The number of nitrogens with zero attached hydrogens (tertiary/aromatic N) is 2. The van der Waals surface area contributed by atoms with E-state index in [1.165, 1.54) is 12.8 Å². The number of likely N-dealkylation sites (N-methyl/N-ethyl adjacent to an activating group) is 1. The van der Waals surface area contributed by atoms with Crippen LogP contribution in [0.3, 0.4) is 0 Å². The number of halogens is 1. The molecule has 2 rings (SSSR count). The van der Waals surface area contributed by atoms with E-state index in [1.54, 1.807) is 0 Å². The molecule has 3 nitrogen and oxygen atoms in total. The van der Waals surface area contributed by atoms with E-state index in [0.717, 1.165) is 23.7 Å². The summed E-state index contributed by atoms with van der Waals surface area (Å²) in [5.41, 5.74) is 7.43. The highest BCUT2D eigenvalue weighted by atomic mass is 35.5. The molecule has 1 aromatic carbocycles. The van der Waals surface area contributed by atoms with E-state index in [2.05, 4.69) is 36.9 Å². The molecular formula is C16H26ClN3. The summed E-state index contributed by atoms with van der Waals surface area (Å²) in [5.74, 6) is 0. The second-order valence-electron chi connectivity index (χ2n) is 6.08. The van der Waals surface area contributed by atoms with E-state index in [9.17, 15) is 0 Å². The highest BCUT2D eigenvalue weighted by molar-refractivity contribution is 6.31. The lowest BCUT2D eigenvalue weighted by atomic mass is 9.95. The van der Waals surface area contributed by atoms with Crippen molar-refractivity contribution in [2.75, 3.05) is 27.2 Å². The van der Waals surface area contributed by atoms with Gasteiger partial charge in [0.1, 0.15) is 0 Å². The largest absolute Gasteiger partial charge is 0.326 e. The van der Waals surface area contributed by atoms with E-state index in [4.69, 9.17) is 17.3 Å². The number of benzene rings is 1. The Morgan fingerprint density at radius 3 is 2.65 bits per heavy atom. The van der Waals surface area contributed by atoms with Gasteiger partial charge in [-0.1, -0.05) is 29.8 Å². The van der Waals surface area contributed by atoms with E-state index >= 15 is 0 Å². The Morgan fingerprint density at radius 1 is 1.35 bits per heavy atom. The van der Waals surface area contributed by atoms with Crippen LogP contribution in [0, 0.1) is 0 Å². The smallest absolute Gasteiger partial charge is 0.0511 e. The Kier molecular flexibility index (Phi) is 5.44. The number of piperidine rings is 1. The first-order valence-corrected chi connectivity index (χ1v) is 7.79. The van der Waals surface area contributed by atoms with Gasteiger partial charge in [-0.15, -0.1) is 0 Å². The van der Waals surface area contributed by atoms with Gasteiger partial charge in [0, 0.05) is 23.7 Å². The Labute approximate surface area is 127 Å². The van der Waals surface area contributed by atoms with Gasteiger partial charge in [-0.3, -0.25) is 4.90 Å². The summed E-state index contributed by atoms with van der Waals surface area (Å²) in [4.78, 5) is 4.82. The minimum atomic E-state index is 0.0656. The van der Waals surface area contributed by atoms with Gasteiger partial charge in [0.2, 0.25) is 0 Å². The van der Waals surface area contributed by atoms with E-state index in [1.807, 2.05) is 18.2 Å². The maximum absolute atomic E-state index is 6.39. The Bertz CT molecular complexity index is 433. The molecular weight excluding hydrogens is 270 g/mol. The van der Waals surface area contributed by atoms with Gasteiger partial charge < -0.3 is 10.6 Å². The molecule has 0 bridgehead atoms. The molecule has 0 saturated carbocycles. The highest BCUT2D eigenvalue weighted by Crippen LogP contribution is 2.32. The first-order valence-electron chi connectivity index (χ1n) is 7.41. The summed E-state index contributed by atoms with van der Waals surface area (Å²) >= 11 is 6.39. The van der Waals surface area contributed by atoms with Gasteiger partial charge in [0.05, 0.1) is 6.04 Å². The van der Waals surface area contributed by atoms with Crippen LogP contribution >= 0.6 is 11.6 Å². The molecule has 1 aliphatic rings. The van der Waals surface area contributed by atoms with Crippen LogP contribution in [0.2, 0.25) is 5.02 Å². The van der Waals surface area contributed by atoms with Crippen LogP contribution in [0.1, 0.15) is 31.4 Å². The van der Waals surface area contributed by atoms with Gasteiger partial charge in [-0.05, 0) is 52.0 Å². The van der Waals surface area contributed by atoms with Gasteiger partial charge in [-0.2, -0.15) is 0 Å². The lowest BCUT2D eigenvalue weighted by Crippen LogP contribution is -2.49. The summed E-state index contributed by atoms with van der Waals surface area (Å²) in [6.45, 7) is 4.24. The van der Waals surface area contributed by atoms with E-state index in [0.29, 0.717) is 6.04 Å². The van der Waals surface area contributed by atoms with E-state index < -0.39 is 0 Å². The molecule has 3 atom stereocenters. The minimum absolute atomic E-state index is 0.0656. The van der Waals surface area contributed by atoms with Crippen LogP contribution in [0.15, 0.2) is 24.3 Å². The Hall–Kier alpha value is -0.610. The SMILES string of the molecule is CC(N)C(c1ccccc1Cl)N1CCCC(N(C)C)C1. The fourth-order valence-corrected chi connectivity index (χ4v) is 3.43. The molecule has 112 valence electrons. The number of nitrogens with two attached hydrogens (primary N) is 1. The van der Waals surface area contributed by atoms with Crippen molar-refractivity contribution in [3.8, 4) is 0 Å². The average molecular weight is 296 g/mol. The predicted octanol–water partition coefficient (Wildman–Crippen LogP) is 2.75. The second-order valence-corrected chi connectivity index (χ2v) is 6.49. The lowest BCUT2D eigenvalue weighted by molar-refractivity contribution is 0.0865. The van der Waals surface area contributed by atoms with Gasteiger partial charge in [-0.25, -0.2) is 0 Å². The van der Waals surface area contributed by atoms with Crippen molar-refractivity contribution < 1.29 is 0 Å². The summed E-state index contributed by atoms with van der Waals surface area (Å²) in [7, 11) is 4.31. The lowest BCUT2D eigenvalue weighted by Gasteiger charge is -2.42. The first kappa shape index (κ1) is 15.8. The van der Waals surface area contributed by atoms with Crippen LogP contribution < -0.4 is 5.73 Å². The van der Waals surface area contributed by atoms with Crippen molar-refractivity contribution in [1.82, 2.24) is 9.80 Å². The average Bonchev–Trinajstić information content (AvgIpc) is 2.41.